The van der Waals surface area contributed by atoms with Crippen molar-refractivity contribution >= 4 is 19.8 Å². The molecule has 0 rings (SSSR count). The first-order chi connectivity index (χ1) is 46.8. The van der Waals surface area contributed by atoms with Crippen LogP contribution in [0.1, 0.15) is 373 Å². The number of hydrogen-bond acceptors (Lipinski definition) is 8. The smallest absolute Gasteiger partial charge is 0.462 e. The van der Waals surface area contributed by atoms with Gasteiger partial charge < -0.3 is 20.1 Å². The molecule has 10 heteroatoms. The molecule has 0 spiro atoms. The molecule has 0 aliphatic heterocycles. The van der Waals surface area contributed by atoms with Crippen LogP contribution in [0.2, 0.25) is 0 Å². The summed E-state index contributed by atoms with van der Waals surface area (Å²) in [4.78, 5) is 35.5. The third kappa shape index (κ3) is 79.3. The molecular weight excluding hydrogens is 1190 g/mol. The quantitative estimate of drug-likeness (QED) is 0.0264. The summed E-state index contributed by atoms with van der Waals surface area (Å²) in [7, 11) is -4.41. The highest BCUT2D eigenvalue weighted by Crippen LogP contribution is 2.43. The molecular formula is C85H150NO8P. The van der Waals surface area contributed by atoms with E-state index in [2.05, 4.69) is 135 Å². The third-order valence-corrected chi connectivity index (χ3v) is 18.3. The monoisotopic (exact) mass is 1340 g/mol. The second-order valence-electron chi connectivity index (χ2n) is 26.6. The summed E-state index contributed by atoms with van der Waals surface area (Å²) in [5.41, 5.74) is 5.41. The molecule has 548 valence electrons. The Morgan fingerprint density at radius 1 is 0.326 bits per heavy atom. The van der Waals surface area contributed by atoms with Crippen molar-refractivity contribution in [1.82, 2.24) is 0 Å². The standard InChI is InChI=1S/C85H150NO8P/c1-3-5-7-9-11-13-15-17-19-21-23-25-27-29-31-33-35-37-38-39-40-41-42-43-44-46-47-49-51-53-55-57-59-61-63-65-67-69-71-73-75-77-84(87)91-81-83(82-93-95(89,90)92-80-79-86)94-85(88)78-76-74-72-70-68-66-64-62-60-58-56-54-52-50-48-45-36-34-32-30-28-26-24-22-20-18-16-14-12-10-8-6-4-2/h6,8,12,14-15,17-18,20-21,23-24,26,30,32,36,45,50,52,56,58,83H,3-5,7,9-11,13,16,19,22,25,27-29,31,33-35,37-44,46-49,51,53-55,57,59-82,86H2,1-2H3,(H,89,90)/b8-6-,14-12-,17-15-,20-18-,23-21-,26-24-,32-30-,45-36-,52-50-,58-56-. The van der Waals surface area contributed by atoms with Gasteiger partial charge in [0, 0.05) is 19.4 Å². The van der Waals surface area contributed by atoms with Crippen molar-refractivity contribution in [3.05, 3.63) is 122 Å². The fourth-order valence-corrected chi connectivity index (χ4v) is 12.2. The zero-order valence-corrected chi connectivity index (χ0v) is 62.8. The van der Waals surface area contributed by atoms with E-state index in [-0.39, 0.29) is 38.6 Å². The topological polar surface area (TPSA) is 134 Å². The zero-order valence-electron chi connectivity index (χ0n) is 61.9. The average molecular weight is 1350 g/mol. The lowest BCUT2D eigenvalue weighted by atomic mass is 10.0. The van der Waals surface area contributed by atoms with Crippen molar-refractivity contribution in [2.45, 2.75) is 380 Å². The lowest BCUT2D eigenvalue weighted by Gasteiger charge is -2.19. The lowest BCUT2D eigenvalue weighted by Crippen LogP contribution is -2.29. The van der Waals surface area contributed by atoms with Crippen LogP contribution >= 0.6 is 7.82 Å². The summed E-state index contributed by atoms with van der Waals surface area (Å²) < 4.78 is 33.3. The average Bonchev–Trinajstić information content (AvgIpc) is 3.25. The van der Waals surface area contributed by atoms with E-state index in [4.69, 9.17) is 24.3 Å². The van der Waals surface area contributed by atoms with Gasteiger partial charge in [-0.3, -0.25) is 18.6 Å². The van der Waals surface area contributed by atoms with Gasteiger partial charge in [0.05, 0.1) is 13.2 Å². The van der Waals surface area contributed by atoms with Crippen molar-refractivity contribution in [3.8, 4) is 0 Å². The molecule has 0 fully saturated rings. The van der Waals surface area contributed by atoms with Gasteiger partial charge in [-0.15, -0.1) is 0 Å². The van der Waals surface area contributed by atoms with Gasteiger partial charge in [-0.1, -0.05) is 373 Å². The van der Waals surface area contributed by atoms with Crippen molar-refractivity contribution in [2.75, 3.05) is 26.4 Å². The number of rotatable bonds is 75. The highest BCUT2D eigenvalue weighted by Gasteiger charge is 2.26. The first-order valence-electron chi connectivity index (χ1n) is 40.0. The largest absolute Gasteiger partial charge is 0.472 e. The molecule has 3 N–H and O–H groups in total. The summed E-state index contributed by atoms with van der Waals surface area (Å²) in [6.45, 7) is 3.65. The van der Waals surface area contributed by atoms with Crippen LogP contribution in [0.5, 0.6) is 0 Å². The molecule has 0 bridgehead atoms. The second-order valence-corrected chi connectivity index (χ2v) is 28.0. The van der Waals surface area contributed by atoms with Crippen LogP contribution < -0.4 is 5.73 Å². The molecule has 0 heterocycles. The van der Waals surface area contributed by atoms with E-state index in [1.54, 1.807) is 0 Å². The van der Waals surface area contributed by atoms with Gasteiger partial charge in [0.1, 0.15) is 6.61 Å². The van der Waals surface area contributed by atoms with Gasteiger partial charge in [-0.25, -0.2) is 4.57 Å². The van der Waals surface area contributed by atoms with Gasteiger partial charge >= 0.3 is 19.8 Å². The van der Waals surface area contributed by atoms with Crippen LogP contribution in [-0.4, -0.2) is 49.3 Å². The second kappa shape index (κ2) is 79.4. The van der Waals surface area contributed by atoms with E-state index in [1.165, 1.54) is 238 Å². The SMILES string of the molecule is CC/C=C\C/C=C\C/C=C\C/C=C\C/C=C\C/C=C\C/C=C\C/C=C\CCCCCCCCCCC(=O)OC(COC(=O)CCCCCCCCCCCCCCCCCCCCCCCCCCCCCCC/C=C\C/C=C\CCCCCCC)COP(=O)(O)OCCN. The van der Waals surface area contributed by atoms with E-state index in [0.717, 1.165) is 103 Å². The Morgan fingerprint density at radius 2 is 0.579 bits per heavy atom. The highest BCUT2D eigenvalue weighted by molar-refractivity contribution is 7.47. The molecule has 0 aromatic rings. The number of carbonyl (C=O) groups is 2. The Balaban J connectivity index is 3.82. The zero-order chi connectivity index (χ0) is 68.6. The van der Waals surface area contributed by atoms with Gasteiger partial charge in [-0.2, -0.15) is 0 Å². The van der Waals surface area contributed by atoms with Gasteiger partial charge in [-0.05, 0) is 109 Å². The number of phosphoric ester groups is 1. The number of unbranched alkanes of at least 4 members (excludes halogenated alkanes) is 42. The van der Waals surface area contributed by atoms with Crippen LogP contribution in [0.3, 0.4) is 0 Å². The van der Waals surface area contributed by atoms with E-state index in [9.17, 15) is 19.0 Å². The van der Waals surface area contributed by atoms with E-state index < -0.39 is 26.5 Å². The molecule has 2 atom stereocenters. The summed E-state index contributed by atoms with van der Waals surface area (Å²) in [5, 5.41) is 0. The first kappa shape index (κ1) is 91.4. The fourth-order valence-electron chi connectivity index (χ4n) is 11.5. The number of phosphoric acid groups is 1. The number of esters is 2. The van der Waals surface area contributed by atoms with Gasteiger partial charge in [0.15, 0.2) is 6.10 Å². The maximum atomic E-state index is 12.8. The van der Waals surface area contributed by atoms with Gasteiger partial charge in [0.2, 0.25) is 0 Å². The Morgan fingerprint density at radius 3 is 0.863 bits per heavy atom. The van der Waals surface area contributed by atoms with Crippen LogP contribution in [0.25, 0.3) is 0 Å². The number of nitrogens with two attached hydrogens (primary N) is 1. The van der Waals surface area contributed by atoms with Crippen LogP contribution in [0.15, 0.2) is 122 Å². The third-order valence-electron chi connectivity index (χ3n) is 17.3. The number of hydrogen-bond donors (Lipinski definition) is 2. The molecule has 0 aliphatic rings. The van der Waals surface area contributed by atoms with Crippen molar-refractivity contribution in [1.29, 1.82) is 0 Å². The van der Waals surface area contributed by atoms with Crippen LogP contribution in [0, 0.1) is 0 Å². The first-order valence-corrected chi connectivity index (χ1v) is 41.5. The summed E-state index contributed by atoms with van der Waals surface area (Å²) in [6.07, 6.45) is 112. The summed E-state index contributed by atoms with van der Waals surface area (Å²) in [5.74, 6) is -0.829. The van der Waals surface area contributed by atoms with Crippen molar-refractivity contribution < 1.29 is 37.6 Å². The predicted octanol–water partition coefficient (Wildman–Crippen LogP) is 27.0. The number of carbonyl (C=O) groups excluding carboxylic acids is 2. The minimum Gasteiger partial charge on any atom is -0.462 e. The summed E-state index contributed by atoms with van der Waals surface area (Å²) in [6, 6.07) is 0. The molecule has 0 saturated carbocycles. The minimum absolute atomic E-state index is 0.0482. The lowest BCUT2D eigenvalue weighted by molar-refractivity contribution is -0.161. The predicted molar refractivity (Wildman–Crippen MR) is 413 cm³/mol. The highest BCUT2D eigenvalue weighted by atomic mass is 31.2. The van der Waals surface area contributed by atoms with Crippen molar-refractivity contribution in [2.24, 2.45) is 5.73 Å². The van der Waals surface area contributed by atoms with E-state index in [1.807, 2.05) is 0 Å². The molecule has 0 aromatic carbocycles. The molecule has 0 aliphatic carbocycles. The maximum Gasteiger partial charge on any atom is 0.472 e. The molecule has 0 aromatic heterocycles. The van der Waals surface area contributed by atoms with Crippen molar-refractivity contribution in [3.63, 3.8) is 0 Å². The Labute approximate surface area is 587 Å². The van der Waals surface area contributed by atoms with Crippen LogP contribution in [-0.2, 0) is 32.7 Å². The molecule has 0 amide bonds. The van der Waals surface area contributed by atoms with E-state index >= 15 is 0 Å². The van der Waals surface area contributed by atoms with E-state index in [0.29, 0.717) is 6.42 Å². The molecule has 0 radical (unpaired) electrons. The fraction of sp³-hybridized carbons (Fsp3) is 0.741. The minimum atomic E-state index is -4.41. The molecule has 2 unspecified atom stereocenters. The molecule has 95 heavy (non-hydrogen) atoms. The van der Waals surface area contributed by atoms with Crippen LogP contribution in [0.4, 0.5) is 0 Å². The molecule has 9 nitrogen and oxygen atoms in total. The normalized spacial score (nSPS) is 13.5. The number of allylic oxidation sites excluding steroid dienone is 20. The van der Waals surface area contributed by atoms with Gasteiger partial charge in [0.25, 0.3) is 0 Å². The summed E-state index contributed by atoms with van der Waals surface area (Å²) >= 11 is 0. The maximum absolute atomic E-state index is 12.8. The molecule has 0 saturated heterocycles. The number of ether oxygens (including phenoxy) is 2. The Kier molecular flexibility index (Phi) is 76.4. The Bertz CT molecular complexity index is 1980. The Hall–Kier alpha value is -3.59.